The van der Waals surface area contributed by atoms with Gasteiger partial charge in [-0.25, -0.2) is 0 Å². The van der Waals surface area contributed by atoms with Gasteiger partial charge in [0.05, 0.1) is 5.52 Å². The van der Waals surface area contributed by atoms with Gasteiger partial charge in [-0.3, -0.25) is 9.89 Å². The lowest BCUT2D eigenvalue weighted by molar-refractivity contribution is 0.0618. The molecule has 5 nitrogen and oxygen atoms in total. The Labute approximate surface area is 171 Å². The molecule has 1 saturated carbocycles. The number of rotatable bonds is 7. The lowest BCUT2D eigenvalue weighted by Crippen LogP contribution is -2.57. The summed E-state index contributed by atoms with van der Waals surface area (Å²) < 4.78 is 0. The van der Waals surface area contributed by atoms with Gasteiger partial charge in [0, 0.05) is 24.4 Å². The number of fused-ring (bicyclic) bond motifs is 4. The summed E-state index contributed by atoms with van der Waals surface area (Å²) >= 11 is 5.60. The van der Waals surface area contributed by atoms with E-state index in [1.54, 1.807) is 0 Å². The van der Waals surface area contributed by atoms with Crippen LogP contribution in [0.2, 0.25) is 0 Å². The van der Waals surface area contributed by atoms with Crippen LogP contribution < -0.4 is 5.32 Å². The molecule has 3 aliphatic heterocycles. The molecule has 28 heavy (non-hydrogen) atoms. The summed E-state index contributed by atoms with van der Waals surface area (Å²) in [6.45, 7) is 3.32. The number of benzene rings is 1. The second-order valence-electron chi connectivity index (χ2n) is 8.87. The van der Waals surface area contributed by atoms with Crippen molar-refractivity contribution < 1.29 is 4.79 Å². The Bertz CT molecular complexity index is 895. The molecule has 4 aliphatic rings. The van der Waals surface area contributed by atoms with Crippen molar-refractivity contribution in [3.8, 4) is 0 Å². The molecule has 2 bridgehead atoms. The molecule has 3 saturated heterocycles. The highest BCUT2D eigenvalue weighted by Gasteiger charge is 2.35. The number of H-pyrrole nitrogens is 1. The normalized spacial score (nSPS) is 26.5. The summed E-state index contributed by atoms with van der Waals surface area (Å²) in [7, 11) is 0. The third-order valence-electron chi connectivity index (χ3n) is 6.74. The first kappa shape index (κ1) is 18.3. The molecule has 2 N–H and O–H groups in total. The van der Waals surface area contributed by atoms with Crippen molar-refractivity contribution in [1.29, 1.82) is 0 Å². The Balaban J connectivity index is 1.28. The molecule has 2 aromatic rings. The molecule has 4 fully saturated rings. The van der Waals surface area contributed by atoms with E-state index in [4.69, 9.17) is 12.2 Å². The number of hydrogen-bond acceptors (Lipinski definition) is 4. The average Bonchev–Trinajstić information content (AvgIpc) is 3.45. The van der Waals surface area contributed by atoms with E-state index in [0.717, 1.165) is 41.1 Å². The maximum absolute atomic E-state index is 12.9. The minimum Gasteiger partial charge on any atom is -0.346 e. The van der Waals surface area contributed by atoms with Gasteiger partial charge in [0.2, 0.25) is 0 Å². The van der Waals surface area contributed by atoms with Gasteiger partial charge >= 0.3 is 0 Å². The van der Waals surface area contributed by atoms with Gasteiger partial charge in [0.15, 0.2) is 5.69 Å². The second kappa shape index (κ2) is 7.56. The number of hydrogen-bond donors (Lipinski definition) is 2. The largest absolute Gasteiger partial charge is 0.346 e. The number of carbonyl (C=O) groups excluding carboxylic acids is 1. The predicted octanol–water partition coefficient (Wildman–Crippen LogP) is 3.49. The van der Waals surface area contributed by atoms with Crippen LogP contribution in [0.25, 0.3) is 10.9 Å². The number of aromatic nitrogens is 2. The molecule has 0 spiro atoms. The number of nitrogens with one attached hydrogen (secondary N) is 2. The molecule has 6 heteroatoms. The van der Waals surface area contributed by atoms with Crippen LogP contribution in [0.15, 0.2) is 18.2 Å². The maximum atomic E-state index is 12.9. The van der Waals surface area contributed by atoms with Crippen LogP contribution >= 0.6 is 12.2 Å². The minimum absolute atomic E-state index is 0.0570. The van der Waals surface area contributed by atoms with Gasteiger partial charge < -0.3 is 10.2 Å². The van der Waals surface area contributed by atoms with Gasteiger partial charge in [0.1, 0.15) is 0 Å². The summed E-state index contributed by atoms with van der Waals surface area (Å²) in [5.74, 6) is 1.47. The molecule has 1 aliphatic carbocycles. The molecule has 1 atom stereocenters. The molecule has 1 aromatic carbocycles. The number of piperidine rings is 3. The molecule has 1 amide bonds. The van der Waals surface area contributed by atoms with Crippen molar-refractivity contribution in [2.24, 2.45) is 11.8 Å². The zero-order chi connectivity index (χ0) is 19.1. The fraction of sp³-hybridized carbons (Fsp3) is 0.591. The molecule has 0 radical (unpaired) electrons. The SMILES string of the molecule is O=C(N[C@H]1CN2CCC1CC2)c1n[nH]c2ccc(CC(=S)CCC3CC3)cc12. The van der Waals surface area contributed by atoms with E-state index < -0.39 is 0 Å². The van der Waals surface area contributed by atoms with Crippen molar-refractivity contribution in [1.82, 2.24) is 20.4 Å². The van der Waals surface area contributed by atoms with Crippen LogP contribution in [0.3, 0.4) is 0 Å². The van der Waals surface area contributed by atoms with E-state index in [-0.39, 0.29) is 11.9 Å². The fourth-order valence-corrected chi connectivity index (χ4v) is 5.08. The van der Waals surface area contributed by atoms with E-state index in [9.17, 15) is 4.79 Å². The highest BCUT2D eigenvalue weighted by atomic mass is 32.1. The van der Waals surface area contributed by atoms with Crippen LogP contribution in [-0.2, 0) is 6.42 Å². The van der Waals surface area contributed by atoms with E-state index in [1.165, 1.54) is 50.8 Å². The fourth-order valence-electron chi connectivity index (χ4n) is 4.80. The molecule has 1 aromatic heterocycles. The quantitative estimate of drug-likeness (QED) is 0.704. The number of carbonyl (C=O) groups is 1. The minimum atomic E-state index is -0.0570. The second-order valence-corrected chi connectivity index (χ2v) is 9.44. The zero-order valence-corrected chi connectivity index (χ0v) is 17.1. The maximum Gasteiger partial charge on any atom is 0.272 e. The Morgan fingerprint density at radius 2 is 2.07 bits per heavy atom. The third-order valence-corrected chi connectivity index (χ3v) is 7.09. The summed E-state index contributed by atoms with van der Waals surface area (Å²) in [6, 6.07) is 6.46. The number of aromatic amines is 1. The Hall–Kier alpha value is -1.79. The lowest BCUT2D eigenvalue weighted by Gasteiger charge is -2.44. The first-order chi connectivity index (χ1) is 13.7. The predicted molar refractivity (Wildman–Crippen MR) is 115 cm³/mol. The zero-order valence-electron chi connectivity index (χ0n) is 16.2. The summed E-state index contributed by atoms with van der Waals surface area (Å²) in [5.41, 5.74) is 2.59. The number of thiocarbonyl (C=S) groups is 1. The topological polar surface area (TPSA) is 61.0 Å². The van der Waals surface area contributed by atoms with Crippen LogP contribution in [0.4, 0.5) is 0 Å². The highest BCUT2D eigenvalue weighted by Crippen LogP contribution is 2.34. The van der Waals surface area contributed by atoms with Gasteiger partial charge in [0.25, 0.3) is 5.91 Å². The first-order valence-electron chi connectivity index (χ1n) is 10.7. The van der Waals surface area contributed by atoms with Crippen molar-refractivity contribution in [3.05, 3.63) is 29.5 Å². The molecular weight excluding hydrogens is 368 g/mol. The number of nitrogens with zero attached hydrogens (tertiary/aromatic N) is 2. The van der Waals surface area contributed by atoms with Crippen LogP contribution in [0, 0.1) is 11.8 Å². The van der Waals surface area contributed by atoms with E-state index in [1.807, 2.05) is 6.07 Å². The highest BCUT2D eigenvalue weighted by molar-refractivity contribution is 7.80. The van der Waals surface area contributed by atoms with Crippen LogP contribution in [-0.4, -0.2) is 51.5 Å². The van der Waals surface area contributed by atoms with Crippen molar-refractivity contribution in [2.45, 2.75) is 51.0 Å². The molecular formula is C22H28N4OS. The molecule has 148 valence electrons. The van der Waals surface area contributed by atoms with Gasteiger partial charge in [-0.15, -0.1) is 0 Å². The summed E-state index contributed by atoms with van der Waals surface area (Å²) in [5, 5.41) is 11.5. The molecule has 4 heterocycles. The van der Waals surface area contributed by atoms with Crippen molar-refractivity contribution >= 4 is 33.9 Å². The Kier molecular flexibility index (Phi) is 4.93. The van der Waals surface area contributed by atoms with Crippen LogP contribution in [0.1, 0.15) is 54.6 Å². The third kappa shape index (κ3) is 3.85. The summed E-state index contributed by atoms with van der Waals surface area (Å²) in [6.07, 6.45) is 8.22. The Morgan fingerprint density at radius 1 is 1.25 bits per heavy atom. The Morgan fingerprint density at radius 3 is 2.79 bits per heavy atom. The van der Waals surface area contributed by atoms with Crippen molar-refractivity contribution in [2.75, 3.05) is 19.6 Å². The van der Waals surface area contributed by atoms with Gasteiger partial charge in [-0.2, -0.15) is 5.10 Å². The summed E-state index contributed by atoms with van der Waals surface area (Å²) in [4.78, 5) is 16.5. The smallest absolute Gasteiger partial charge is 0.272 e. The van der Waals surface area contributed by atoms with Gasteiger partial charge in [-0.05, 0) is 73.2 Å². The average molecular weight is 397 g/mol. The van der Waals surface area contributed by atoms with E-state index in [0.29, 0.717) is 11.6 Å². The molecule has 0 unspecified atom stereocenters. The lowest BCUT2D eigenvalue weighted by atomic mass is 9.84. The monoisotopic (exact) mass is 396 g/mol. The number of amides is 1. The van der Waals surface area contributed by atoms with E-state index in [2.05, 4.69) is 32.5 Å². The van der Waals surface area contributed by atoms with Crippen molar-refractivity contribution in [3.63, 3.8) is 0 Å². The standard InChI is InChI=1S/C22H28N4OS/c27-22(23-20-13-26-9-7-16(20)8-10-26)21-18-12-15(4-6-19(18)24-25-21)11-17(28)5-3-14-1-2-14/h4,6,12,14,16,20H,1-3,5,7-11,13H2,(H,23,27)(H,24,25)/t20-/m0/s1. The van der Waals surface area contributed by atoms with Crippen LogP contribution in [0.5, 0.6) is 0 Å². The van der Waals surface area contributed by atoms with Gasteiger partial charge in [-0.1, -0.05) is 31.1 Å². The first-order valence-corrected chi connectivity index (χ1v) is 11.1. The van der Waals surface area contributed by atoms with E-state index >= 15 is 0 Å². The molecule has 6 rings (SSSR count).